The van der Waals surface area contributed by atoms with E-state index in [1.807, 2.05) is 96.1 Å². The molecule has 0 aliphatic carbocycles. The molecule has 6 aromatic heterocycles. The number of hydrogen-bond donors (Lipinski definition) is 9. The van der Waals surface area contributed by atoms with Crippen LogP contribution in [0.4, 0.5) is 52.4 Å². The second-order valence-electron chi connectivity index (χ2n) is 29.2. The summed E-state index contributed by atoms with van der Waals surface area (Å²) in [5.41, 5.74) is 3.55. The van der Waals surface area contributed by atoms with Crippen LogP contribution in [0.2, 0.25) is 15.1 Å². The monoisotopic (exact) mass is 1580 g/mol. The number of ether oxygens (including phenoxy) is 5. The van der Waals surface area contributed by atoms with Crippen molar-refractivity contribution in [2.24, 2.45) is 5.41 Å². The van der Waals surface area contributed by atoms with Gasteiger partial charge in [-0.1, -0.05) is 34.8 Å². The molecule has 3 amide bonds. The number of benzene rings is 3. The Hall–Kier alpha value is -10.2. The molecule has 32 nitrogen and oxygen atoms in total. The molecule has 35 heteroatoms. The van der Waals surface area contributed by atoms with E-state index in [0.29, 0.717) is 95.2 Å². The highest BCUT2D eigenvalue weighted by Crippen LogP contribution is 2.40. The molecule has 0 radical (unpaired) electrons. The van der Waals surface area contributed by atoms with Gasteiger partial charge in [-0.15, -0.1) is 0 Å². The fourth-order valence-corrected chi connectivity index (χ4v) is 14.8. The van der Waals surface area contributed by atoms with Gasteiger partial charge in [-0.05, 0) is 134 Å². The Balaban J connectivity index is 0.000000146. The lowest BCUT2D eigenvalue weighted by Gasteiger charge is -2.48. The largest absolute Gasteiger partial charge is 0.478 e. The van der Waals surface area contributed by atoms with Gasteiger partial charge in [0.1, 0.15) is 26.3 Å². The number of aromatic nitrogens is 9. The van der Waals surface area contributed by atoms with Crippen LogP contribution in [0.5, 0.6) is 17.2 Å². The van der Waals surface area contributed by atoms with Gasteiger partial charge in [0.15, 0.2) is 54.5 Å². The van der Waals surface area contributed by atoms with E-state index < -0.39 is 0 Å². The predicted octanol–water partition coefficient (Wildman–Crippen LogP) is 7.23. The average molecular weight is 1580 g/mol. The third-order valence-corrected chi connectivity index (χ3v) is 21.2. The first-order chi connectivity index (χ1) is 53.3. The number of likely N-dealkylation sites (N-methyl/N-ethyl adjacent to an activating group) is 3. The number of rotatable bonds is 21. The Morgan fingerprint density at radius 1 is 0.468 bits per heavy atom. The summed E-state index contributed by atoms with van der Waals surface area (Å²) >= 11 is 19.4. The van der Waals surface area contributed by atoms with E-state index >= 15 is 0 Å². The molecule has 6 saturated heterocycles. The molecular weight excluding hydrogens is 1490 g/mol. The van der Waals surface area contributed by atoms with Gasteiger partial charge >= 0.3 is 0 Å². The SMILES string of the molecule is CNC(=O)COc1cc2cc(Nc3nc(N4CCC5(CCNC5)C4)ncc3Cl)ccc2n(C(C)C)c1=O.CNC(=O)COc1cc2cc(Nc3nc(N4CCOC5(CNC5)C4)ncc3Cl)ccc2n(C(C)C)c1=O.CNC(=O)COc1cc2cc(Nc3nc(N4CCOC5(CNC5)C4)ncc3Cl)ccc2n(C(C)C)c1=O. The molecule has 3 spiro atoms. The number of fused-ring (bicyclic) bond motifs is 3. The zero-order chi connectivity index (χ0) is 78.5. The second-order valence-corrected chi connectivity index (χ2v) is 30.4. The highest BCUT2D eigenvalue weighted by Gasteiger charge is 2.45. The Kier molecular flexibility index (Phi) is 24.0. The minimum atomic E-state index is -0.319. The summed E-state index contributed by atoms with van der Waals surface area (Å²) in [5.74, 6) is 2.69. The van der Waals surface area contributed by atoms with Crippen molar-refractivity contribution in [2.75, 3.05) is 163 Å². The van der Waals surface area contributed by atoms with Gasteiger partial charge in [0.05, 0.1) is 61.4 Å². The van der Waals surface area contributed by atoms with E-state index in [1.54, 1.807) is 50.5 Å². The number of carbonyl (C=O) groups excluding carboxylic acids is 3. The van der Waals surface area contributed by atoms with Crippen molar-refractivity contribution in [3.63, 3.8) is 0 Å². The third-order valence-electron chi connectivity index (χ3n) is 20.4. The first-order valence-corrected chi connectivity index (χ1v) is 38.1. The molecule has 6 aliphatic rings. The summed E-state index contributed by atoms with van der Waals surface area (Å²) in [4.78, 5) is 108. The number of nitrogens with zero attached hydrogens (tertiary/aromatic N) is 12. The van der Waals surface area contributed by atoms with Crippen LogP contribution in [0.1, 0.15) is 72.5 Å². The number of carbonyl (C=O) groups is 3. The van der Waals surface area contributed by atoms with E-state index in [9.17, 15) is 28.8 Å². The molecule has 588 valence electrons. The summed E-state index contributed by atoms with van der Waals surface area (Å²) in [7, 11) is 4.55. The summed E-state index contributed by atoms with van der Waals surface area (Å²) in [6.45, 7) is 22.1. The van der Waals surface area contributed by atoms with Crippen LogP contribution >= 0.6 is 34.8 Å². The fourth-order valence-electron chi connectivity index (χ4n) is 14.4. The summed E-state index contributed by atoms with van der Waals surface area (Å²) in [5, 5.41) is 30.9. The fraction of sp³-hybridized carbons (Fsp3) is 0.447. The molecule has 0 bridgehead atoms. The van der Waals surface area contributed by atoms with Crippen LogP contribution in [0.3, 0.4) is 0 Å². The molecular formula is C76H92Cl3N21O11. The van der Waals surface area contributed by atoms with Crippen molar-refractivity contribution < 1.29 is 38.1 Å². The van der Waals surface area contributed by atoms with E-state index in [-0.39, 0.29) is 101 Å². The lowest BCUT2D eigenvalue weighted by molar-refractivity contribution is -0.123. The molecule has 15 rings (SSSR count). The number of hydrogen-bond acceptors (Lipinski definition) is 26. The van der Waals surface area contributed by atoms with Crippen molar-refractivity contribution in [2.45, 2.75) is 83.7 Å². The molecule has 0 saturated carbocycles. The van der Waals surface area contributed by atoms with Gasteiger partial charge < -0.3 is 99.9 Å². The summed E-state index contributed by atoms with van der Waals surface area (Å²) < 4.78 is 33.6. The van der Waals surface area contributed by atoms with Crippen molar-refractivity contribution in [1.29, 1.82) is 0 Å². The van der Waals surface area contributed by atoms with Crippen LogP contribution in [0.25, 0.3) is 32.7 Å². The predicted molar refractivity (Wildman–Crippen MR) is 430 cm³/mol. The minimum Gasteiger partial charge on any atom is -0.478 e. The quantitative estimate of drug-likeness (QED) is 0.0342. The lowest BCUT2D eigenvalue weighted by Crippen LogP contribution is -2.69. The van der Waals surface area contributed by atoms with E-state index in [0.717, 1.165) is 109 Å². The zero-order valence-corrected chi connectivity index (χ0v) is 65.6. The molecule has 9 N–H and O–H groups in total. The highest BCUT2D eigenvalue weighted by atomic mass is 35.5. The second kappa shape index (κ2) is 33.8. The standard InChI is InChI=1S/C26H32ClN7O3.2C25H30ClN7O4/c1-16(2)34-20-5-4-18(10-17(20)11-21(24(34)36)37-13-22(35)28-3)31-23-19(27)12-30-25(32-23)33-9-7-26(15-33)6-8-29-14-26;2*1-15(2)33-19-5-4-17(8-16(19)9-20(23(33)35)36-11-21(34)27-3)30-22-18(26)10-29-24(31-22)32-6-7-37-25(14-32)12-28-13-25/h4-5,10-12,16,29H,6-9,13-15H2,1-3H3,(H,28,35)(H,30,31,32);2*4-5,8-10,15,28H,6-7,11-14H2,1-3H3,(H,27,34)(H,29,30,31). The number of morpholine rings is 2. The summed E-state index contributed by atoms with van der Waals surface area (Å²) in [6.07, 6.45) is 7.12. The van der Waals surface area contributed by atoms with Gasteiger partial charge in [0.25, 0.3) is 34.4 Å². The van der Waals surface area contributed by atoms with E-state index in [2.05, 4.69) is 77.5 Å². The molecule has 1 unspecified atom stereocenters. The molecule has 6 fully saturated rings. The van der Waals surface area contributed by atoms with Crippen LogP contribution in [0.15, 0.2) is 106 Å². The highest BCUT2D eigenvalue weighted by molar-refractivity contribution is 6.33. The van der Waals surface area contributed by atoms with Gasteiger partial charge in [-0.3, -0.25) is 28.8 Å². The average Bonchev–Trinajstić information content (AvgIpc) is 1.55. The van der Waals surface area contributed by atoms with Crippen LogP contribution < -0.4 is 93.4 Å². The van der Waals surface area contributed by atoms with E-state index in [1.165, 1.54) is 27.6 Å². The molecule has 1 atom stereocenters. The topological polar surface area (TPSA) is 359 Å². The van der Waals surface area contributed by atoms with Crippen molar-refractivity contribution in [3.8, 4) is 17.2 Å². The third kappa shape index (κ3) is 17.6. The van der Waals surface area contributed by atoms with Gasteiger partial charge in [-0.25, -0.2) is 15.0 Å². The number of halogens is 3. The molecule has 12 heterocycles. The van der Waals surface area contributed by atoms with Crippen molar-refractivity contribution >= 4 is 138 Å². The van der Waals surface area contributed by atoms with Crippen LogP contribution in [0, 0.1) is 5.41 Å². The first kappa shape index (κ1) is 78.9. The maximum absolute atomic E-state index is 13.0. The van der Waals surface area contributed by atoms with Gasteiger partial charge in [0.2, 0.25) is 17.8 Å². The Labute approximate surface area is 655 Å². The number of pyridine rings is 3. The minimum absolute atomic E-state index is 0.102. The zero-order valence-electron chi connectivity index (χ0n) is 63.3. The summed E-state index contributed by atoms with van der Waals surface area (Å²) in [6, 6.07) is 21.6. The lowest BCUT2D eigenvalue weighted by atomic mass is 9.87. The van der Waals surface area contributed by atoms with Gasteiger partial charge in [-0.2, -0.15) is 15.0 Å². The van der Waals surface area contributed by atoms with Gasteiger partial charge in [0, 0.05) is 137 Å². The van der Waals surface area contributed by atoms with Crippen molar-refractivity contribution in [3.05, 3.63) is 138 Å². The molecule has 6 aliphatic heterocycles. The maximum Gasteiger partial charge on any atom is 0.293 e. The Bertz CT molecular complexity index is 4950. The molecule has 9 aromatic rings. The number of anilines is 9. The number of nitrogens with one attached hydrogen (secondary N) is 9. The van der Waals surface area contributed by atoms with E-state index in [4.69, 9.17) is 73.4 Å². The Morgan fingerprint density at radius 3 is 1.11 bits per heavy atom. The Morgan fingerprint density at radius 2 is 0.811 bits per heavy atom. The molecule has 3 aromatic carbocycles. The molecule has 111 heavy (non-hydrogen) atoms. The normalized spacial score (nSPS) is 17.5. The first-order valence-electron chi connectivity index (χ1n) is 37.0. The smallest absolute Gasteiger partial charge is 0.293 e. The number of amides is 3. The van der Waals surface area contributed by atoms with Crippen molar-refractivity contribution in [1.82, 2.24) is 75.5 Å². The maximum atomic E-state index is 13.0. The van der Waals surface area contributed by atoms with Crippen LogP contribution in [-0.4, -0.2) is 205 Å². The van der Waals surface area contributed by atoms with Crippen LogP contribution in [-0.2, 0) is 23.9 Å².